The molecule has 0 bridgehead atoms. The molecule has 5 heteroatoms. The maximum absolute atomic E-state index is 11.6. The van der Waals surface area contributed by atoms with Gasteiger partial charge >= 0.3 is 11.7 Å². The van der Waals surface area contributed by atoms with Crippen molar-refractivity contribution in [2.45, 2.75) is 19.3 Å². The van der Waals surface area contributed by atoms with Gasteiger partial charge in [0.15, 0.2) is 0 Å². The van der Waals surface area contributed by atoms with Crippen LogP contribution in [0.25, 0.3) is 11.0 Å². The van der Waals surface area contributed by atoms with Crippen molar-refractivity contribution in [2.24, 2.45) is 0 Å². The third-order valence-corrected chi connectivity index (χ3v) is 2.84. The van der Waals surface area contributed by atoms with Crippen LogP contribution in [0.5, 0.6) is 0 Å². The van der Waals surface area contributed by atoms with E-state index < -0.39 is 0 Å². The summed E-state index contributed by atoms with van der Waals surface area (Å²) in [4.78, 5) is 28.0. The number of methoxy groups -OCH3 is 1. The van der Waals surface area contributed by atoms with E-state index in [1.165, 1.54) is 7.11 Å². The summed E-state index contributed by atoms with van der Waals surface area (Å²) in [5, 5.41) is 0. The van der Waals surface area contributed by atoms with E-state index in [4.69, 9.17) is 4.74 Å². The van der Waals surface area contributed by atoms with Crippen LogP contribution in [0.3, 0.4) is 0 Å². The first-order chi connectivity index (χ1) is 8.15. The van der Waals surface area contributed by atoms with Crippen LogP contribution < -0.4 is 5.69 Å². The smallest absolute Gasteiger partial charge is 0.323 e. The lowest BCUT2D eigenvalue weighted by Gasteiger charge is -2.12. The average Bonchev–Trinajstić information content (AvgIpc) is 2.69. The molecule has 0 radical (unpaired) electrons. The molecule has 0 aliphatic carbocycles. The van der Waals surface area contributed by atoms with E-state index in [1.54, 1.807) is 12.1 Å². The molecule has 17 heavy (non-hydrogen) atoms. The largest absolute Gasteiger partial charge is 0.469 e. The highest BCUT2D eigenvalue weighted by molar-refractivity contribution is 5.81. The van der Waals surface area contributed by atoms with Gasteiger partial charge in [0.25, 0.3) is 0 Å². The number of fused-ring (bicyclic) bond motifs is 1. The summed E-state index contributed by atoms with van der Waals surface area (Å²) in [7, 11) is 1.38. The van der Waals surface area contributed by atoms with Crippen LogP contribution in [0, 0.1) is 0 Å². The average molecular weight is 234 g/mol. The van der Waals surface area contributed by atoms with Crippen LogP contribution in [0.2, 0.25) is 0 Å². The standard InChI is InChI=1S/C12H14N2O3/c1-3-8(11(15)17-2)7-4-5-9-10(6-7)14-12(16)13-9/h4-6,8H,3H2,1-2H3,(H2,13,14,16). The fourth-order valence-electron chi connectivity index (χ4n) is 1.95. The molecule has 0 aliphatic heterocycles. The minimum absolute atomic E-state index is 0.247. The molecular weight excluding hydrogens is 220 g/mol. The van der Waals surface area contributed by atoms with E-state index >= 15 is 0 Å². The molecule has 0 fully saturated rings. The van der Waals surface area contributed by atoms with Crippen molar-refractivity contribution in [3.05, 3.63) is 34.2 Å². The number of hydrogen-bond donors (Lipinski definition) is 2. The molecule has 0 amide bonds. The van der Waals surface area contributed by atoms with Gasteiger partial charge < -0.3 is 14.7 Å². The second-order valence-electron chi connectivity index (χ2n) is 3.87. The maximum Gasteiger partial charge on any atom is 0.323 e. The highest BCUT2D eigenvalue weighted by Gasteiger charge is 2.19. The van der Waals surface area contributed by atoms with Gasteiger partial charge in [0, 0.05) is 0 Å². The number of hydrogen-bond acceptors (Lipinski definition) is 3. The Bertz CT molecular complexity index is 597. The van der Waals surface area contributed by atoms with Gasteiger partial charge in [-0.05, 0) is 24.1 Å². The first-order valence-corrected chi connectivity index (χ1v) is 5.45. The van der Waals surface area contributed by atoms with Crippen LogP contribution >= 0.6 is 0 Å². The van der Waals surface area contributed by atoms with E-state index in [0.29, 0.717) is 11.9 Å². The second kappa shape index (κ2) is 4.45. The number of carbonyl (C=O) groups is 1. The van der Waals surface area contributed by atoms with Crippen molar-refractivity contribution in [1.82, 2.24) is 9.97 Å². The van der Waals surface area contributed by atoms with Gasteiger partial charge in [0.2, 0.25) is 0 Å². The fraction of sp³-hybridized carbons (Fsp3) is 0.333. The number of ether oxygens (including phenoxy) is 1. The molecule has 2 N–H and O–H groups in total. The molecule has 1 aromatic heterocycles. The molecule has 90 valence electrons. The zero-order valence-electron chi connectivity index (χ0n) is 9.74. The highest BCUT2D eigenvalue weighted by atomic mass is 16.5. The summed E-state index contributed by atoms with van der Waals surface area (Å²) in [5.74, 6) is -0.549. The van der Waals surface area contributed by atoms with Crippen LogP contribution in [0.1, 0.15) is 24.8 Å². The number of rotatable bonds is 3. The van der Waals surface area contributed by atoms with Crippen molar-refractivity contribution in [1.29, 1.82) is 0 Å². The van der Waals surface area contributed by atoms with E-state index in [2.05, 4.69) is 9.97 Å². The van der Waals surface area contributed by atoms with Gasteiger partial charge in [0.05, 0.1) is 24.1 Å². The quantitative estimate of drug-likeness (QED) is 0.791. The lowest BCUT2D eigenvalue weighted by molar-refractivity contribution is -0.142. The molecule has 5 nitrogen and oxygen atoms in total. The van der Waals surface area contributed by atoms with Gasteiger partial charge in [-0.25, -0.2) is 4.79 Å². The Labute approximate surface area is 97.8 Å². The summed E-state index contributed by atoms with van der Waals surface area (Å²) in [6, 6.07) is 5.42. The minimum atomic E-state index is -0.289. The molecule has 1 unspecified atom stereocenters. The van der Waals surface area contributed by atoms with E-state index in [1.807, 2.05) is 13.0 Å². The normalized spacial score (nSPS) is 12.6. The topological polar surface area (TPSA) is 75.0 Å². The Hall–Kier alpha value is -2.04. The molecule has 1 atom stereocenters. The number of carbonyl (C=O) groups excluding carboxylic acids is 1. The number of aromatic nitrogens is 2. The first-order valence-electron chi connectivity index (χ1n) is 5.45. The van der Waals surface area contributed by atoms with Crippen molar-refractivity contribution in [2.75, 3.05) is 7.11 Å². The predicted octanol–water partition coefficient (Wildman–Crippen LogP) is 1.52. The Morgan fingerprint density at radius 2 is 2.06 bits per heavy atom. The SMILES string of the molecule is CCC(C(=O)OC)c1ccc2[nH]c(=O)[nH]c2c1. The minimum Gasteiger partial charge on any atom is -0.469 e. The van der Waals surface area contributed by atoms with Gasteiger partial charge in [-0.2, -0.15) is 0 Å². The summed E-state index contributed by atoms with van der Waals surface area (Å²) in [5.41, 5.74) is 2.04. The monoisotopic (exact) mass is 234 g/mol. The lowest BCUT2D eigenvalue weighted by Crippen LogP contribution is -2.13. The second-order valence-corrected chi connectivity index (χ2v) is 3.87. The number of imidazole rings is 1. The zero-order chi connectivity index (χ0) is 12.4. The summed E-state index contributed by atoms with van der Waals surface area (Å²) in [6.07, 6.45) is 0.660. The Kier molecular flexibility index (Phi) is 2.99. The van der Waals surface area contributed by atoms with Crippen molar-refractivity contribution < 1.29 is 9.53 Å². The molecule has 0 saturated heterocycles. The predicted molar refractivity (Wildman–Crippen MR) is 64.0 cm³/mol. The molecule has 0 spiro atoms. The van der Waals surface area contributed by atoms with Crippen LogP contribution in [0.15, 0.2) is 23.0 Å². The van der Waals surface area contributed by atoms with Crippen molar-refractivity contribution in [3.8, 4) is 0 Å². The first kappa shape index (κ1) is 11.4. The molecule has 1 aromatic carbocycles. The summed E-state index contributed by atoms with van der Waals surface area (Å²) >= 11 is 0. The van der Waals surface area contributed by atoms with Crippen LogP contribution in [0.4, 0.5) is 0 Å². The number of nitrogens with one attached hydrogen (secondary N) is 2. The number of benzene rings is 1. The summed E-state index contributed by atoms with van der Waals surface area (Å²) in [6.45, 7) is 1.92. The molecule has 2 aromatic rings. The maximum atomic E-state index is 11.6. The third-order valence-electron chi connectivity index (χ3n) is 2.84. The Morgan fingerprint density at radius 1 is 1.35 bits per heavy atom. The zero-order valence-corrected chi connectivity index (χ0v) is 9.74. The van der Waals surface area contributed by atoms with E-state index in [-0.39, 0.29) is 17.6 Å². The lowest BCUT2D eigenvalue weighted by atomic mass is 9.96. The molecule has 0 saturated carbocycles. The molecule has 1 heterocycles. The van der Waals surface area contributed by atoms with Gasteiger partial charge in [-0.15, -0.1) is 0 Å². The number of H-pyrrole nitrogens is 2. The van der Waals surface area contributed by atoms with Crippen molar-refractivity contribution in [3.63, 3.8) is 0 Å². The summed E-state index contributed by atoms with van der Waals surface area (Å²) < 4.78 is 4.76. The number of aromatic amines is 2. The molecular formula is C12H14N2O3. The van der Waals surface area contributed by atoms with Crippen LogP contribution in [-0.4, -0.2) is 23.0 Å². The Morgan fingerprint density at radius 3 is 2.71 bits per heavy atom. The van der Waals surface area contributed by atoms with Gasteiger partial charge in [-0.3, -0.25) is 4.79 Å². The van der Waals surface area contributed by atoms with E-state index in [9.17, 15) is 9.59 Å². The highest BCUT2D eigenvalue weighted by Crippen LogP contribution is 2.23. The molecule has 0 aliphatic rings. The number of esters is 1. The van der Waals surface area contributed by atoms with Gasteiger partial charge in [-0.1, -0.05) is 13.0 Å². The Balaban J connectivity index is 2.47. The van der Waals surface area contributed by atoms with Gasteiger partial charge in [0.1, 0.15) is 0 Å². The van der Waals surface area contributed by atoms with Crippen LogP contribution in [-0.2, 0) is 9.53 Å². The van der Waals surface area contributed by atoms with Crippen molar-refractivity contribution >= 4 is 17.0 Å². The van der Waals surface area contributed by atoms with E-state index in [0.717, 1.165) is 11.1 Å². The third kappa shape index (κ3) is 2.08. The fourth-order valence-corrected chi connectivity index (χ4v) is 1.95. The molecule has 2 rings (SSSR count).